The molecule has 0 aromatic heterocycles. The lowest BCUT2D eigenvalue weighted by Gasteiger charge is -2.11. The van der Waals surface area contributed by atoms with Gasteiger partial charge in [-0.2, -0.15) is 0 Å². The molecule has 0 aliphatic heterocycles. The normalized spacial score (nSPS) is 10.8. The summed E-state index contributed by atoms with van der Waals surface area (Å²) in [4.78, 5) is 12.2. The van der Waals surface area contributed by atoms with E-state index in [-0.39, 0.29) is 18.1 Å². The van der Waals surface area contributed by atoms with E-state index in [1.165, 1.54) is 5.56 Å². The van der Waals surface area contributed by atoms with Crippen molar-refractivity contribution in [3.8, 4) is 11.5 Å². The molecule has 4 heteroatoms. The van der Waals surface area contributed by atoms with Crippen LogP contribution in [0.4, 0.5) is 0 Å². The Morgan fingerprint density at radius 3 is 2.23 bits per heavy atom. The van der Waals surface area contributed by atoms with Crippen molar-refractivity contribution in [2.75, 3.05) is 6.54 Å². The van der Waals surface area contributed by atoms with Gasteiger partial charge in [-0.3, -0.25) is 4.79 Å². The van der Waals surface area contributed by atoms with Crippen LogP contribution in [0.2, 0.25) is 0 Å². The highest BCUT2D eigenvalue weighted by atomic mass is 16.5. The van der Waals surface area contributed by atoms with Gasteiger partial charge in [0.05, 0.1) is 12.2 Å². The van der Waals surface area contributed by atoms with Crippen LogP contribution in [-0.2, 0) is 6.42 Å². The molecule has 0 spiro atoms. The van der Waals surface area contributed by atoms with Crippen molar-refractivity contribution in [3.05, 3.63) is 59.7 Å². The summed E-state index contributed by atoms with van der Waals surface area (Å²) in [5.41, 5.74) is 1.86. The Morgan fingerprint density at radius 1 is 0.923 bits per heavy atom. The summed E-state index contributed by atoms with van der Waals surface area (Å²) in [6, 6.07) is 15.4. The molecule has 1 N–H and O–H groups in total. The van der Waals surface area contributed by atoms with Gasteiger partial charge in [0, 0.05) is 12.1 Å². The van der Waals surface area contributed by atoms with Crippen LogP contribution in [0.3, 0.4) is 0 Å². The molecule has 0 radical (unpaired) electrons. The van der Waals surface area contributed by atoms with E-state index in [0.29, 0.717) is 12.1 Å². The van der Waals surface area contributed by atoms with Crippen LogP contribution in [-0.4, -0.2) is 24.7 Å². The molecular weight excluding hydrogens is 326 g/mol. The van der Waals surface area contributed by atoms with E-state index in [2.05, 4.69) is 17.4 Å². The van der Waals surface area contributed by atoms with Crippen molar-refractivity contribution < 1.29 is 14.3 Å². The number of hydrogen-bond donors (Lipinski definition) is 1. The van der Waals surface area contributed by atoms with Gasteiger partial charge in [-0.1, -0.05) is 12.1 Å². The fourth-order valence-corrected chi connectivity index (χ4v) is 2.60. The number of amides is 1. The molecule has 0 saturated carbocycles. The van der Waals surface area contributed by atoms with E-state index in [4.69, 9.17) is 9.47 Å². The molecule has 0 aliphatic carbocycles. The minimum absolute atomic E-state index is 0.0574. The monoisotopic (exact) mass is 355 g/mol. The standard InChI is InChI=1S/C22H29NO3/c1-16(2)25-20-12-10-19(11-13-20)22(24)23-14-6-8-18-7-5-9-21(15-18)26-17(3)4/h5,7,9-13,15-17H,6,8,14H2,1-4H3,(H,23,24). The third-order valence-electron chi connectivity index (χ3n) is 3.69. The molecular formula is C22H29NO3. The molecule has 26 heavy (non-hydrogen) atoms. The van der Waals surface area contributed by atoms with Crippen molar-refractivity contribution in [2.24, 2.45) is 0 Å². The molecule has 2 rings (SSSR count). The first kappa shape index (κ1) is 19.8. The summed E-state index contributed by atoms with van der Waals surface area (Å²) in [5, 5.41) is 2.97. The lowest BCUT2D eigenvalue weighted by Crippen LogP contribution is -2.24. The van der Waals surface area contributed by atoms with Crippen molar-refractivity contribution in [1.29, 1.82) is 0 Å². The Morgan fingerprint density at radius 2 is 1.58 bits per heavy atom. The van der Waals surface area contributed by atoms with Gasteiger partial charge in [0.25, 0.3) is 5.91 Å². The maximum Gasteiger partial charge on any atom is 0.251 e. The molecule has 0 atom stereocenters. The van der Waals surface area contributed by atoms with Crippen LogP contribution in [0.15, 0.2) is 48.5 Å². The highest BCUT2D eigenvalue weighted by Crippen LogP contribution is 2.16. The Labute approximate surface area is 156 Å². The van der Waals surface area contributed by atoms with Gasteiger partial charge in [0.2, 0.25) is 0 Å². The van der Waals surface area contributed by atoms with Crippen molar-refractivity contribution in [3.63, 3.8) is 0 Å². The average Bonchev–Trinajstić information content (AvgIpc) is 2.58. The molecule has 0 unspecified atom stereocenters. The first-order chi connectivity index (χ1) is 12.4. The quantitative estimate of drug-likeness (QED) is 0.668. The minimum Gasteiger partial charge on any atom is -0.491 e. The Balaban J connectivity index is 1.76. The molecule has 0 bridgehead atoms. The first-order valence-electron chi connectivity index (χ1n) is 9.24. The summed E-state index contributed by atoms with van der Waals surface area (Å²) in [6.45, 7) is 8.63. The van der Waals surface area contributed by atoms with Crippen LogP contribution in [0.5, 0.6) is 11.5 Å². The van der Waals surface area contributed by atoms with E-state index >= 15 is 0 Å². The number of carbonyl (C=O) groups excluding carboxylic acids is 1. The van der Waals surface area contributed by atoms with E-state index < -0.39 is 0 Å². The number of benzene rings is 2. The second-order valence-electron chi connectivity index (χ2n) is 6.86. The van der Waals surface area contributed by atoms with Crippen LogP contribution in [0.1, 0.15) is 50.0 Å². The number of ether oxygens (including phenoxy) is 2. The van der Waals surface area contributed by atoms with Crippen molar-refractivity contribution in [2.45, 2.75) is 52.7 Å². The van der Waals surface area contributed by atoms with E-state index in [9.17, 15) is 4.79 Å². The zero-order valence-corrected chi connectivity index (χ0v) is 16.1. The molecule has 1 amide bonds. The van der Waals surface area contributed by atoms with Crippen LogP contribution in [0, 0.1) is 0 Å². The zero-order valence-electron chi connectivity index (χ0n) is 16.1. The first-order valence-corrected chi connectivity index (χ1v) is 9.24. The molecule has 0 saturated heterocycles. The number of hydrogen-bond acceptors (Lipinski definition) is 3. The second-order valence-corrected chi connectivity index (χ2v) is 6.86. The maximum atomic E-state index is 12.2. The Hall–Kier alpha value is -2.49. The number of nitrogens with one attached hydrogen (secondary N) is 1. The summed E-state index contributed by atoms with van der Waals surface area (Å²) in [6.07, 6.45) is 2.07. The largest absolute Gasteiger partial charge is 0.491 e. The number of rotatable bonds is 9. The molecule has 2 aromatic carbocycles. The lowest BCUT2D eigenvalue weighted by atomic mass is 10.1. The van der Waals surface area contributed by atoms with E-state index in [1.54, 1.807) is 12.1 Å². The molecule has 140 valence electrons. The van der Waals surface area contributed by atoms with Gasteiger partial charge in [-0.15, -0.1) is 0 Å². The number of aryl methyl sites for hydroxylation is 1. The molecule has 2 aromatic rings. The highest BCUT2D eigenvalue weighted by molar-refractivity contribution is 5.94. The predicted octanol–water partition coefficient (Wildman–Crippen LogP) is 4.62. The fraction of sp³-hybridized carbons (Fsp3) is 0.409. The Bertz CT molecular complexity index is 693. The minimum atomic E-state index is -0.0574. The summed E-state index contributed by atoms with van der Waals surface area (Å²) in [7, 11) is 0. The van der Waals surface area contributed by atoms with Gasteiger partial charge >= 0.3 is 0 Å². The van der Waals surface area contributed by atoms with Crippen molar-refractivity contribution in [1.82, 2.24) is 5.32 Å². The second kappa shape index (κ2) is 9.85. The zero-order chi connectivity index (χ0) is 18.9. The van der Waals surface area contributed by atoms with Crippen LogP contribution < -0.4 is 14.8 Å². The fourth-order valence-electron chi connectivity index (χ4n) is 2.60. The molecule has 0 heterocycles. The summed E-state index contributed by atoms with van der Waals surface area (Å²) < 4.78 is 11.3. The summed E-state index contributed by atoms with van der Waals surface area (Å²) in [5.74, 6) is 1.61. The van der Waals surface area contributed by atoms with Gasteiger partial charge in [-0.05, 0) is 82.5 Å². The predicted molar refractivity (Wildman–Crippen MR) is 105 cm³/mol. The van der Waals surface area contributed by atoms with Crippen LogP contribution in [0.25, 0.3) is 0 Å². The van der Waals surface area contributed by atoms with E-state index in [1.807, 2.05) is 52.0 Å². The van der Waals surface area contributed by atoms with E-state index in [0.717, 1.165) is 24.3 Å². The van der Waals surface area contributed by atoms with Gasteiger partial charge in [0.15, 0.2) is 0 Å². The van der Waals surface area contributed by atoms with Gasteiger partial charge < -0.3 is 14.8 Å². The maximum absolute atomic E-state index is 12.2. The molecule has 4 nitrogen and oxygen atoms in total. The molecule has 0 aliphatic rings. The SMILES string of the molecule is CC(C)Oc1ccc(C(=O)NCCCc2cccc(OC(C)C)c2)cc1. The topological polar surface area (TPSA) is 47.6 Å². The summed E-state index contributed by atoms with van der Waals surface area (Å²) >= 11 is 0. The smallest absolute Gasteiger partial charge is 0.251 e. The highest BCUT2D eigenvalue weighted by Gasteiger charge is 2.06. The third kappa shape index (κ3) is 6.79. The number of carbonyl (C=O) groups is 1. The van der Waals surface area contributed by atoms with Crippen LogP contribution >= 0.6 is 0 Å². The van der Waals surface area contributed by atoms with Gasteiger partial charge in [0.1, 0.15) is 11.5 Å². The lowest BCUT2D eigenvalue weighted by molar-refractivity contribution is 0.0953. The average molecular weight is 355 g/mol. The van der Waals surface area contributed by atoms with Crippen molar-refractivity contribution >= 4 is 5.91 Å². The molecule has 0 fully saturated rings. The van der Waals surface area contributed by atoms with Gasteiger partial charge in [-0.25, -0.2) is 0 Å². The Kier molecular flexibility index (Phi) is 7.52. The third-order valence-corrected chi connectivity index (χ3v) is 3.69.